The molecule has 1 atom stereocenters. The first-order valence-corrected chi connectivity index (χ1v) is 7.45. The molecule has 0 spiro atoms. The third-order valence-electron chi connectivity index (χ3n) is 3.09. The van der Waals surface area contributed by atoms with E-state index in [4.69, 9.17) is 37.4 Å². The first-order chi connectivity index (χ1) is 11.7. The molecule has 5 nitrogen and oxygen atoms in total. The molecule has 0 bridgehead atoms. The number of carbonyl (C=O) groups is 1. The van der Waals surface area contributed by atoms with Gasteiger partial charge in [0.05, 0.1) is 5.02 Å². The lowest BCUT2D eigenvalue weighted by Crippen LogP contribution is -2.65. The minimum atomic E-state index is -5.11. The molecule has 0 fully saturated rings. The van der Waals surface area contributed by atoms with Crippen LogP contribution >= 0.6 is 23.2 Å². The van der Waals surface area contributed by atoms with Crippen LogP contribution in [0.1, 0.15) is 0 Å². The number of benzene rings is 2. The Morgan fingerprint density at radius 3 is 2.44 bits per heavy atom. The molecule has 0 aliphatic carbocycles. The number of rotatable bonds is 2. The summed E-state index contributed by atoms with van der Waals surface area (Å²) in [6.07, 6.45) is -6.58. The molecule has 10 heteroatoms. The summed E-state index contributed by atoms with van der Waals surface area (Å²) < 4.78 is 54.8. The van der Waals surface area contributed by atoms with Gasteiger partial charge in [0.2, 0.25) is 0 Å². The lowest BCUT2D eigenvalue weighted by molar-refractivity contribution is -0.318. The number of para-hydroxylation sites is 1. The Kier molecular flexibility index (Phi) is 4.34. The van der Waals surface area contributed by atoms with Crippen LogP contribution in [0.5, 0.6) is 17.2 Å². The number of halogens is 5. The van der Waals surface area contributed by atoms with Gasteiger partial charge < -0.3 is 14.2 Å². The van der Waals surface area contributed by atoms with Gasteiger partial charge in [0.15, 0.2) is 17.2 Å². The molecule has 1 amide bonds. The van der Waals surface area contributed by atoms with Crippen molar-refractivity contribution in [3.05, 3.63) is 52.5 Å². The van der Waals surface area contributed by atoms with E-state index in [1.165, 1.54) is 30.3 Å². The van der Waals surface area contributed by atoms with Crippen LogP contribution in [-0.4, -0.2) is 18.2 Å². The predicted octanol–water partition coefficient (Wildman–Crippen LogP) is 4.77. The van der Waals surface area contributed by atoms with Gasteiger partial charge in [-0.3, -0.25) is 0 Å². The van der Waals surface area contributed by atoms with Crippen molar-refractivity contribution in [1.29, 1.82) is 0 Å². The minimum Gasteiger partial charge on any atom is -0.424 e. The first-order valence-electron chi connectivity index (χ1n) is 6.69. The zero-order chi connectivity index (χ0) is 18.2. The summed E-state index contributed by atoms with van der Waals surface area (Å²) in [6, 6.07) is 9.41. The smallest absolute Gasteiger partial charge is 0.424 e. The number of nitrogens with one attached hydrogen (secondary N) is 1. The van der Waals surface area contributed by atoms with E-state index in [-0.39, 0.29) is 27.3 Å². The van der Waals surface area contributed by atoms with Crippen LogP contribution in [0, 0.1) is 0 Å². The molecule has 132 valence electrons. The van der Waals surface area contributed by atoms with Crippen molar-refractivity contribution in [2.45, 2.75) is 12.1 Å². The van der Waals surface area contributed by atoms with E-state index in [9.17, 15) is 18.0 Å². The molecule has 1 aliphatic rings. The van der Waals surface area contributed by atoms with E-state index in [0.717, 1.165) is 6.07 Å². The second-order valence-electron chi connectivity index (χ2n) is 4.85. The zero-order valence-corrected chi connectivity index (χ0v) is 13.6. The summed E-state index contributed by atoms with van der Waals surface area (Å²) in [7, 11) is 0. The average Bonchev–Trinajstić information content (AvgIpc) is 2.87. The molecule has 0 saturated carbocycles. The molecule has 3 rings (SSSR count). The summed E-state index contributed by atoms with van der Waals surface area (Å²) >= 11 is 11.5. The highest BCUT2D eigenvalue weighted by atomic mass is 35.5. The topological polar surface area (TPSA) is 56.8 Å². The number of alkyl halides is 3. The van der Waals surface area contributed by atoms with Crippen LogP contribution < -0.4 is 19.5 Å². The maximum Gasteiger partial charge on any atom is 0.492 e. The molecule has 0 aromatic heterocycles. The fraction of sp³-hybridized carbons (Fsp3) is 0.133. The summed E-state index contributed by atoms with van der Waals surface area (Å²) in [5.41, 5.74) is 0. The Bertz CT molecular complexity index is 831. The standard InChI is InChI=1S/C15H8Cl2F3NO4/c16-8-5-6-11-12(7-8)25-15(24-11,14(18,19)20)21-13(22)23-10-4-2-1-3-9(10)17/h1-7H,(H,21,22). The van der Waals surface area contributed by atoms with Gasteiger partial charge in [0, 0.05) is 11.1 Å². The maximum atomic E-state index is 13.5. The molecule has 2 aromatic carbocycles. The van der Waals surface area contributed by atoms with Gasteiger partial charge in [-0.25, -0.2) is 10.1 Å². The van der Waals surface area contributed by atoms with Gasteiger partial charge in [0.1, 0.15) is 0 Å². The molecule has 25 heavy (non-hydrogen) atoms. The van der Waals surface area contributed by atoms with Gasteiger partial charge in [-0.05, 0) is 24.3 Å². The third-order valence-corrected chi connectivity index (χ3v) is 3.64. The third kappa shape index (κ3) is 3.40. The highest BCUT2D eigenvalue weighted by molar-refractivity contribution is 6.32. The Morgan fingerprint density at radius 2 is 1.76 bits per heavy atom. The number of carbonyl (C=O) groups excluding carboxylic acids is 1. The SMILES string of the molecule is O=C(NC1(C(F)(F)F)Oc2ccc(Cl)cc2O1)Oc1ccccc1Cl. The van der Waals surface area contributed by atoms with Crippen molar-refractivity contribution in [2.24, 2.45) is 0 Å². The molecule has 1 unspecified atom stereocenters. The molecule has 1 N–H and O–H groups in total. The van der Waals surface area contributed by atoms with Crippen LogP contribution in [0.25, 0.3) is 0 Å². The molecule has 1 aliphatic heterocycles. The van der Waals surface area contributed by atoms with Gasteiger partial charge >= 0.3 is 18.2 Å². The van der Waals surface area contributed by atoms with E-state index < -0.39 is 18.2 Å². The van der Waals surface area contributed by atoms with Crippen molar-refractivity contribution < 1.29 is 32.2 Å². The monoisotopic (exact) mass is 393 g/mol. The van der Waals surface area contributed by atoms with E-state index in [0.29, 0.717) is 0 Å². The van der Waals surface area contributed by atoms with Gasteiger partial charge in [-0.1, -0.05) is 35.3 Å². The Labute approximate surface area is 149 Å². The first kappa shape index (κ1) is 17.5. The molecule has 2 aromatic rings. The fourth-order valence-corrected chi connectivity index (χ4v) is 2.34. The van der Waals surface area contributed by atoms with E-state index in [1.54, 1.807) is 11.4 Å². The lowest BCUT2D eigenvalue weighted by atomic mass is 10.3. The van der Waals surface area contributed by atoms with Gasteiger partial charge in [-0.2, -0.15) is 13.2 Å². The molecule has 1 heterocycles. The van der Waals surface area contributed by atoms with Crippen molar-refractivity contribution >= 4 is 29.3 Å². The average molecular weight is 394 g/mol. The summed E-state index contributed by atoms with van der Waals surface area (Å²) in [4.78, 5) is 11.9. The van der Waals surface area contributed by atoms with Crippen LogP contribution in [0.3, 0.4) is 0 Å². The van der Waals surface area contributed by atoms with Crippen molar-refractivity contribution in [2.75, 3.05) is 0 Å². The van der Waals surface area contributed by atoms with E-state index >= 15 is 0 Å². The Balaban J connectivity index is 1.84. The summed E-state index contributed by atoms with van der Waals surface area (Å²) in [5.74, 6) is -4.08. The van der Waals surface area contributed by atoms with Crippen LogP contribution in [0.15, 0.2) is 42.5 Å². The molecule has 0 saturated heterocycles. The van der Waals surface area contributed by atoms with E-state index in [1.807, 2.05) is 0 Å². The largest absolute Gasteiger partial charge is 0.492 e. The number of fused-ring (bicyclic) bond motifs is 1. The van der Waals surface area contributed by atoms with Crippen molar-refractivity contribution in [1.82, 2.24) is 5.32 Å². The van der Waals surface area contributed by atoms with Crippen LogP contribution in [0.4, 0.5) is 18.0 Å². The van der Waals surface area contributed by atoms with Crippen LogP contribution in [0.2, 0.25) is 10.0 Å². The number of hydrogen-bond donors (Lipinski definition) is 1. The normalized spacial score (nSPS) is 18.8. The number of amides is 1. The highest BCUT2D eigenvalue weighted by Crippen LogP contribution is 2.46. The van der Waals surface area contributed by atoms with Gasteiger partial charge in [0.25, 0.3) is 0 Å². The highest BCUT2D eigenvalue weighted by Gasteiger charge is 2.66. The van der Waals surface area contributed by atoms with Gasteiger partial charge in [-0.15, -0.1) is 0 Å². The molecule has 0 radical (unpaired) electrons. The van der Waals surface area contributed by atoms with Crippen LogP contribution in [-0.2, 0) is 0 Å². The summed E-state index contributed by atoms with van der Waals surface area (Å²) in [5, 5.41) is 1.72. The summed E-state index contributed by atoms with van der Waals surface area (Å²) in [6.45, 7) is 0. The zero-order valence-electron chi connectivity index (χ0n) is 12.1. The minimum absolute atomic E-state index is 0.0436. The Hall–Kier alpha value is -2.32. The van der Waals surface area contributed by atoms with Crippen molar-refractivity contribution in [3.8, 4) is 17.2 Å². The quantitative estimate of drug-likeness (QED) is 0.798. The molecular weight excluding hydrogens is 386 g/mol. The number of hydrogen-bond acceptors (Lipinski definition) is 4. The Morgan fingerprint density at radius 1 is 1.08 bits per heavy atom. The van der Waals surface area contributed by atoms with Crippen molar-refractivity contribution in [3.63, 3.8) is 0 Å². The van der Waals surface area contributed by atoms with E-state index in [2.05, 4.69) is 0 Å². The number of ether oxygens (including phenoxy) is 3. The second-order valence-corrected chi connectivity index (χ2v) is 5.70. The maximum absolute atomic E-state index is 13.5. The second kappa shape index (κ2) is 6.20. The predicted molar refractivity (Wildman–Crippen MR) is 82.1 cm³/mol. The fourth-order valence-electron chi connectivity index (χ4n) is 2.00. The lowest BCUT2D eigenvalue weighted by Gasteiger charge is -2.29. The molecular formula is C15H8Cl2F3NO4.